The van der Waals surface area contributed by atoms with Gasteiger partial charge in [0.25, 0.3) is 5.91 Å². The van der Waals surface area contributed by atoms with E-state index in [1.165, 1.54) is 0 Å². The van der Waals surface area contributed by atoms with Gasteiger partial charge < -0.3 is 15.2 Å². The molecule has 0 radical (unpaired) electrons. The highest BCUT2D eigenvalue weighted by Crippen LogP contribution is 2.37. The molecule has 0 bridgehead atoms. The molecule has 7 nitrogen and oxygen atoms in total. The number of hydrogen-bond acceptors (Lipinski definition) is 4. The van der Waals surface area contributed by atoms with Crippen LogP contribution in [0.15, 0.2) is 42.5 Å². The molecule has 29 heavy (non-hydrogen) atoms. The van der Waals surface area contributed by atoms with Crippen LogP contribution < -0.4 is 15.5 Å². The van der Waals surface area contributed by atoms with Crippen LogP contribution in [-0.4, -0.2) is 42.9 Å². The topological polar surface area (TPSA) is 95.5 Å². The summed E-state index contributed by atoms with van der Waals surface area (Å²) >= 11 is 0. The Balaban J connectivity index is 1.96. The molecular weight excluding hydrogens is 370 g/mol. The molecule has 154 valence electrons. The molecule has 2 aromatic carbocycles. The third kappa shape index (κ3) is 5.13. The van der Waals surface area contributed by atoms with E-state index in [1.54, 1.807) is 24.1 Å². The Morgan fingerprint density at radius 3 is 2.59 bits per heavy atom. The minimum Gasteiger partial charge on any atom is -0.447 e. The average Bonchev–Trinajstić information content (AvgIpc) is 2.84. The monoisotopic (exact) mass is 398 g/mol. The minimum absolute atomic E-state index is 0.0203. The second-order valence-corrected chi connectivity index (χ2v) is 7.29. The van der Waals surface area contributed by atoms with Crippen LogP contribution in [0.4, 0.5) is 21.9 Å². The zero-order valence-electron chi connectivity index (χ0n) is 16.9. The fraction of sp³-hybridized carbons (Fsp3) is 0.364. The molecule has 0 aliphatic carbocycles. The Kier molecular flexibility index (Phi) is 6.85. The number of aliphatic hydroxyl groups excluding tert-OH is 1. The molecule has 0 spiro atoms. The van der Waals surface area contributed by atoms with E-state index < -0.39 is 6.09 Å². The molecule has 0 aromatic heterocycles. The lowest BCUT2D eigenvalue weighted by atomic mass is 10.0. The first-order valence-electron chi connectivity index (χ1n) is 9.93. The zero-order chi connectivity index (χ0) is 20.8. The molecule has 0 fully saturated rings. The van der Waals surface area contributed by atoms with E-state index in [-0.39, 0.29) is 25.2 Å². The van der Waals surface area contributed by atoms with Crippen LogP contribution in [0.25, 0.3) is 0 Å². The van der Waals surface area contributed by atoms with Crippen molar-refractivity contribution in [3.05, 3.63) is 53.6 Å². The third-order valence-electron chi connectivity index (χ3n) is 4.71. The van der Waals surface area contributed by atoms with Gasteiger partial charge in [0.1, 0.15) is 0 Å². The van der Waals surface area contributed by atoms with E-state index >= 15 is 0 Å². The van der Waals surface area contributed by atoms with Gasteiger partial charge in [-0.05, 0) is 56.0 Å². The van der Waals surface area contributed by atoms with Crippen LogP contribution in [0.2, 0.25) is 0 Å². The van der Waals surface area contributed by atoms with Crippen LogP contribution in [0.3, 0.4) is 0 Å². The minimum atomic E-state index is -0.525. The number of rotatable bonds is 6. The first-order chi connectivity index (χ1) is 14.0. The molecule has 2 aromatic rings. The van der Waals surface area contributed by atoms with Crippen molar-refractivity contribution in [2.24, 2.45) is 0 Å². The highest BCUT2D eigenvalue weighted by Gasteiger charge is 2.27. The quantitative estimate of drug-likeness (QED) is 0.648. The van der Waals surface area contributed by atoms with Gasteiger partial charge in [-0.2, -0.15) is 0 Å². The van der Waals surface area contributed by atoms with Crippen molar-refractivity contribution in [3.8, 4) is 0 Å². The Bertz CT molecular complexity index is 882. The van der Waals surface area contributed by atoms with Crippen LogP contribution in [-0.2, 0) is 22.4 Å². The molecule has 7 heteroatoms. The molecule has 1 aliphatic heterocycles. The van der Waals surface area contributed by atoms with Gasteiger partial charge in [-0.1, -0.05) is 24.3 Å². The van der Waals surface area contributed by atoms with Crippen LogP contribution in [0.5, 0.6) is 0 Å². The Hall–Kier alpha value is -2.90. The van der Waals surface area contributed by atoms with Crippen molar-refractivity contribution in [2.45, 2.75) is 32.8 Å². The lowest BCUT2D eigenvalue weighted by molar-refractivity contribution is -0.644. The second kappa shape index (κ2) is 9.54. The number of hydrogen-bond donors (Lipinski definition) is 3. The summed E-state index contributed by atoms with van der Waals surface area (Å²) < 4.78 is 5.16. The van der Waals surface area contributed by atoms with Gasteiger partial charge in [-0.3, -0.25) is 15.0 Å². The van der Waals surface area contributed by atoms with Gasteiger partial charge in [-0.25, -0.2) is 4.79 Å². The van der Waals surface area contributed by atoms with Crippen molar-refractivity contribution in [3.63, 3.8) is 0 Å². The number of anilines is 3. The van der Waals surface area contributed by atoms with Crippen LogP contribution in [0, 0.1) is 0 Å². The SMILES string of the molecule is CC(C)OC(=O)Nc1ccc2c(c1)N(C(=O)C[NH2+]CCO)c1ccccc1CC2. The number of carbonyl (C=O) groups is 2. The predicted octanol–water partition coefficient (Wildman–Crippen LogP) is 1.96. The maximum absolute atomic E-state index is 13.1. The van der Waals surface area contributed by atoms with Gasteiger partial charge in [0.05, 0.1) is 30.6 Å². The first-order valence-corrected chi connectivity index (χ1v) is 9.93. The van der Waals surface area contributed by atoms with Gasteiger partial charge >= 0.3 is 6.09 Å². The Morgan fingerprint density at radius 2 is 1.86 bits per heavy atom. The van der Waals surface area contributed by atoms with E-state index in [1.807, 2.05) is 42.5 Å². The van der Waals surface area contributed by atoms with E-state index in [0.717, 1.165) is 35.3 Å². The van der Waals surface area contributed by atoms with E-state index in [9.17, 15) is 9.59 Å². The number of benzene rings is 2. The van der Waals surface area contributed by atoms with Crippen molar-refractivity contribution < 1.29 is 24.7 Å². The number of carbonyl (C=O) groups excluding carboxylic acids is 2. The number of ether oxygens (including phenoxy) is 1. The summed E-state index contributed by atoms with van der Waals surface area (Å²) in [5, 5.41) is 13.6. The van der Waals surface area contributed by atoms with Gasteiger partial charge in [0.15, 0.2) is 6.54 Å². The predicted molar refractivity (Wildman–Crippen MR) is 111 cm³/mol. The largest absolute Gasteiger partial charge is 0.447 e. The number of nitrogens with one attached hydrogen (secondary N) is 1. The Labute approximate surface area is 170 Å². The summed E-state index contributed by atoms with van der Waals surface area (Å²) in [6.07, 6.45) is 0.883. The third-order valence-corrected chi connectivity index (χ3v) is 4.71. The number of aliphatic hydroxyl groups is 1. The first kappa shape index (κ1) is 20.8. The fourth-order valence-electron chi connectivity index (χ4n) is 3.44. The lowest BCUT2D eigenvalue weighted by Gasteiger charge is -2.25. The number of quaternary nitrogens is 1. The number of fused-ring (bicyclic) bond motifs is 2. The zero-order valence-corrected chi connectivity index (χ0v) is 16.9. The van der Waals surface area contributed by atoms with Crippen molar-refractivity contribution in [2.75, 3.05) is 29.9 Å². The number of amides is 2. The molecule has 0 saturated heterocycles. The summed E-state index contributed by atoms with van der Waals surface area (Å²) in [6, 6.07) is 13.5. The fourth-order valence-corrected chi connectivity index (χ4v) is 3.44. The molecule has 3 rings (SSSR count). The van der Waals surface area contributed by atoms with Gasteiger partial charge in [0.2, 0.25) is 0 Å². The van der Waals surface area contributed by atoms with Crippen molar-refractivity contribution in [1.82, 2.24) is 0 Å². The smallest absolute Gasteiger partial charge is 0.411 e. The summed E-state index contributed by atoms with van der Waals surface area (Å²) in [4.78, 5) is 26.9. The molecule has 0 atom stereocenters. The lowest BCUT2D eigenvalue weighted by Crippen LogP contribution is -2.87. The molecule has 0 saturated carbocycles. The summed E-state index contributed by atoms with van der Waals surface area (Å²) in [5.74, 6) is -0.0732. The normalized spacial score (nSPS) is 12.8. The summed E-state index contributed by atoms with van der Waals surface area (Å²) in [7, 11) is 0. The van der Waals surface area contributed by atoms with E-state index in [2.05, 4.69) is 5.32 Å². The standard InChI is InChI=1S/C22H27N3O4/c1-15(2)29-22(28)24-18-10-9-17-8-7-16-5-3-4-6-19(16)25(20(17)13-18)21(27)14-23-11-12-26/h3-6,9-10,13,15,23,26H,7-8,11-12,14H2,1-2H3,(H,24,28)/p+1. The molecule has 1 heterocycles. The molecular formula is C22H28N3O4+. The number of aryl methyl sites for hydroxylation is 2. The highest BCUT2D eigenvalue weighted by molar-refractivity contribution is 6.03. The van der Waals surface area contributed by atoms with Crippen LogP contribution in [0.1, 0.15) is 25.0 Å². The van der Waals surface area contributed by atoms with Gasteiger partial charge in [0, 0.05) is 5.69 Å². The Morgan fingerprint density at radius 1 is 1.14 bits per heavy atom. The summed E-state index contributed by atoms with van der Waals surface area (Å²) in [5.41, 5.74) is 4.34. The molecule has 2 amide bonds. The van der Waals surface area contributed by atoms with Gasteiger partial charge in [-0.15, -0.1) is 0 Å². The van der Waals surface area contributed by atoms with Crippen molar-refractivity contribution >= 4 is 29.1 Å². The van der Waals surface area contributed by atoms with E-state index in [0.29, 0.717) is 12.2 Å². The molecule has 4 N–H and O–H groups in total. The van der Waals surface area contributed by atoms with Crippen LogP contribution >= 0.6 is 0 Å². The number of para-hydroxylation sites is 1. The van der Waals surface area contributed by atoms with E-state index in [4.69, 9.17) is 9.84 Å². The average molecular weight is 398 g/mol. The highest BCUT2D eigenvalue weighted by atomic mass is 16.6. The maximum atomic E-state index is 13.1. The maximum Gasteiger partial charge on any atom is 0.411 e. The van der Waals surface area contributed by atoms with Crippen molar-refractivity contribution in [1.29, 1.82) is 0 Å². The molecule has 1 aliphatic rings. The molecule has 0 unspecified atom stereocenters. The number of nitrogens with two attached hydrogens (primary N) is 1. The summed E-state index contributed by atoms with van der Waals surface area (Å²) in [6.45, 7) is 4.29. The second-order valence-electron chi connectivity index (χ2n) is 7.29. The number of nitrogens with zero attached hydrogens (tertiary/aromatic N) is 1.